The van der Waals surface area contributed by atoms with Gasteiger partial charge < -0.3 is 16.0 Å². The van der Waals surface area contributed by atoms with E-state index in [4.69, 9.17) is 5.73 Å². The molecule has 6 heteroatoms. The predicted octanol–water partition coefficient (Wildman–Crippen LogP) is 0.844. The minimum Gasteiger partial charge on any atom is -0.350 e. The Morgan fingerprint density at radius 1 is 1.78 bits per heavy atom. The standard InChI is InChI=1S/C12H20N4OS/c1-8(13)12-15-10(7-18-12)11(17)14-5-9-3-4-16(2)6-9/h7-9H,3-6,13H2,1-2H3,(H,14,17). The van der Waals surface area contributed by atoms with Gasteiger partial charge in [-0.3, -0.25) is 4.79 Å². The van der Waals surface area contributed by atoms with Crippen LogP contribution in [0, 0.1) is 5.92 Å². The van der Waals surface area contributed by atoms with Crippen LogP contribution in [-0.2, 0) is 0 Å². The number of nitrogens with zero attached hydrogens (tertiary/aromatic N) is 2. The number of amides is 1. The highest BCUT2D eigenvalue weighted by atomic mass is 32.1. The van der Waals surface area contributed by atoms with E-state index in [9.17, 15) is 4.79 Å². The number of nitrogens with two attached hydrogens (primary N) is 1. The Morgan fingerprint density at radius 3 is 3.11 bits per heavy atom. The Balaban J connectivity index is 1.83. The third-order valence-corrected chi connectivity index (χ3v) is 4.23. The van der Waals surface area contributed by atoms with Gasteiger partial charge in [0.05, 0.1) is 6.04 Å². The number of thiazole rings is 1. The minimum atomic E-state index is -0.111. The van der Waals surface area contributed by atoms with Crippen molar-refractivity contribution in [3.8, 4) is 0 Å². The van der Waals surface area contributed by atoms with Crippen molar-refractivity contribution in [1.29, 1.82) is 0 Å². The molecule has 1 amide bonds. The topological polar surface area (TPSA) is 71.2 Å². The summed E-state index contributed by atoms with van der Waals surface area (Å²) < 4.78 is 0. The van der Waals surface area contributed by atoms with Crippen LogP contribution in [0.3, 0.4) is 0 Å². The molecule has 1 aliphatic heterocycles. The maximum absolute atomic E-state index is 11.9. The van der Waals surface area contributed by atoms with Gasteiger partial charge >= 0.3 is 0 Å². The smallest absolute Gasteiger partial charge is 0.270 e. The number of hydrogen-bond donors (Lipinski definition) is 2. The zero-order chi connectivity index (χ0) is 13.1. The van der Waals surface area contributed by atoms with E-state index in [1.54, 1.807) is 5.38 Å². The molecule has 0 spiro atoms. The average molecular weight is 268 g/mol. The summed E-state index contributed by atoms with van der Waals surface area (Å²) in [6, 6.07) is -0.111. The zero-order valence-corrected chi connectivity index (χ0v) is 11.7. The average Bonchev–Trinajstić information content (AvgIpc) is 2.94. The van der Waals surface area contributed by atoms with Crippen LogP contribution in [0.25, 0.3) is 0 Å². The van der Waals surface area contributed by atoms with Crippen molar-refractivity contribution in [2.24, 2.45) is 11.7 Å². The monoisotopic (exact) mass is 268 g/mol. The molecule has 1 saturated heterocycles. The lowest BCUT2D eigenvalue weighted by molar-refractivity contribution is 0.0943. The largest absolute Gasteiger partial charge is 0.350 e. The first-order valence-electron chi connectivity index (χ1n) is 6.24. The van der Waals surface area contributed by atoms with Gasteiger partial charge in [-0.05, 0) is 32.9 Å². The summed E-state index contributed by atoms with van der Waals surface area (Å²) in [5.41, 5.74) is 6.21. The molecule has 0 saturated carbocycles. The molecule has 18 heavy (non-hydrogen) atoms. The SMILES string of the molecule is CC(N)c1nc(C(=O)NCC2CCN(C)C2)cs1. The van der Waals surface area contributed by atoms with Crippen LogP contribution in [0.4, 0.5) is 0 Å². The first kappa shape index (κ1) is 13.5. The quantitative estimate of drug-likeness (QED) is 0.849. The summed E-state index contributed by atoms with van der Waals surface area (Å²) in [5, 5.41) is 5.53. The number of aromatic nitrogens is 1. The van der Waals surface area contributed by atoms with E-state index in [1.807, 2.05) is 6.92 Å². The van der Waals surface area contributed by atoms with Gasteiger partial charge in [-0.2, -0.15) is 0 Å². The molecule has 1 aromatic heterocycles. The fourth-order valence-electron chi connectivity index (χ4n) is 2.12. The number of carbonyl (C=O) groups is 1. The van der Waals surface area contributed by atoms with E-state index in [-0.39, 0.29) is 11.9 Å². The van der Waals surface area contributed by atoms with E-state index >= 15 is 0 Å². The Kier molecular flexibility index (Phi) is 4.31. The molecule has 2 rings (SSSR count). The summed E-state index contributed by atoms with van der Waals surface area (Å²) in [6.07, 6.45) is 1.15. The van der Waals surface area contributed by atoms with Gasteiger partial charge in [0.1, 0.15) is 10.7 Å². The van der Waals surface area contributed by atoms with Gasteiger partial charge in [0, 0.05) is 18.5 Å². The number of hydrogen-bond acceptors (Lipinski definition) is 5. The van der Waals surface area contributed by atoms with Gasteiger partial charge in [0.25, 0.3) is 5.91 Å². The van der Waals surface area contributed by atoms with Crippen molar-refractivity contribution >= 4 is 17.2 Å². The molecule has 0 aliphatic carbocycles. The van der Waals surface area contributed by atoms with E-state index < -0.39 is 0 Å². The van der Waals surface area contributed by atoms with Gasteiger partial charge in [0.15, 0.2) is 0 Å². The molecule has 100 valence electrons. The van der Waals surface area contributed by atoms with E-state index in [0.717, 1.165) is 31.1 Å². The molecule has 0 radical (unpaired) electrons. The highest BCUT2D eigenvalue weighted by molar-refractivity contribution is 7.09. The lowest BCUT2D eigenvalue weighted by Gasteiger charge is -2.10. The molecule has 2 unspecified atom stereocenters. The Morgan fingerprint density at radius 2 is 2.56 bits per heavy atom. The van der Waals surface area contributed by atoms with Crippen LogP contribution in [0.15, 0.2) is 5.38 Å². The van der Waals surface area contributed by atoms with Gasteiger partial charge in [0.2, 0.25) is 0 Å². The van der Waals surface area contributed by atoms with E-state index in [2.05, 4.69) is 22.2 Å². The van der Waals surface area contributed by atoms with Crippen LogP contribution in [0.1, 0.15) is 34.9 Å². The molecule has 1 aromatic rings. The summed E-state index contributed by atoms with van der Waals surface area (Å²) in [4.78, 5) is 18.4. The van der Waals surface area contributed by atoms with Crippen molar-refractivity contribution < 1.29 is 4.79 Å². The lowest BCUT2D eigenvalue weighted by atomic mass is 10.1. The van der Waals surface area contributed by atoms with Crippen LogP contribution < -0.4 is 11.1 Å². The van der Waals surface area contributed by atoms with E-state index in [1.165, 1.54) is 11.3 Å². The molecule has 2 atom stereocenters. The third-order valence-electron chi connectivity index (χ3n) is 3.18. The first-order valence-corrected chi connectivity index (χ1v) is 7.12. The summed E-state index contributed by atoms with van der Waals surface area (Å²) in [6.45, 7) is 4.78. The van der Waals surface area contributed by atoms with Crippen molar-refractivity contribution in [1.82, 2.24) is 15.2 Å². The van der Waals surface area contributed by atoms with Crippen molar-refractivity contribution in [3.05, 3.63) is 16.1 Å². The summed E-state index contributed by atoms with van der Waals surface area (Å²) >= 11 is 1.44. The number of nitrogens with one attached hydrogen (secondary N) is 1. The molecule has 1 aliphatic rings. The van der Waals surface area contributed by atoms with Crippen LogP contribution in [0.2, 0.25) is 0 Å². The van der Waals surface area contributed by atoms with Crippen LogP contribution in [0.5, 0.6) is 0 Å². The fraction of sp³-hybridized carbons (Fsp3) is 0.667. The Bertz CT molecular complexity index is 418. The zero-order valence-electron chi connectivity index (χ0n) is 10.8. The van der Waals surface area contributed by atoms with Crippen molar-refractivity contribution in [2.45, 2.75) is 19.4 Å². The highest BCUT2D eigenvalue weighted by Crippen LogP contribution is 2.16. The van der Waals surface area contributed by atoms with E-state index in [0.29, 0.717) is 11.6 Å². The Labute approximate surface area is 111 Å². The fourth-order valence-corrected chi connectivity index (χ4v) is 2.88. The molecule has 0 aromatic carbocycles. The van der Waals surface area contributed by atoms with Crippen LogP contribution >= 0.6 is 11.3 Å². The second-order valence-electron chi connectivity index (χ2n) is 4.99. The molecule has 1 fully saturated rings. The maximum atomic E-state index is 11.9. The normalized spacial score (nSPS) is 22.1. The minimum absolute atomic E-state index is 0.0901. The van der Waals surface area contributed by atoms with Gasteiger partial charge in [-0.15, -0.1) is 11.3 Å². The first-order chi connectivity index (χ1) is 8.56. The van der Waals surface area contributed by atoms with Crippen molar-refractivity contribution in [2.75, 3.05) is 26.7 Å². The lowest BCUT2D eigenvalue weighted by Crippen LogP contribution is -2.30. The van der Waals surface area contributed by atoms with Crippen molar-refractivity contribution in [3.63, 3.8) is 0 Å². The molecule has 2 heterocycles. The molecule has 3 N–H and O–H groups in total. The molecule has 5 nitrogen and oxygen atoms in total. The molecular weight excluding hydrogens is 248 g/mol. The number of carbonyl (C=O) groups excluding carboxylic acids is 1. The van der Waals surface area contributed by atoms with Gasteiger partial charge in [-0.25, -0.2) is 4.98 Å². The number of rotatable bonds is 4. The predicted molar refractivity (Wildman–Crippen MR) is 72.7 cm³/mol. The summed E-state index contributed by atoms with van der Waals surface area (Å²) in [7, 11) is 2.11. The molecule has 0 bridgehead atoms. The number of likely N-dealkylation sites (tertiary alicyclic amines) is 1. The second-order valence-corrected chi connectivity index (χ2v) is 5.88. The molecular formula is C12H20N4OS. The van der Waals surface area contributed by atoms with Crippen LogP contribution in [-0.4, -0.2) is 42.5 Å². The third kappa shape index (κ3) is 3.28. The maximum Gasteiger partial charge on any atom is 0.270 e. The highest BCUT2D eigenvalue weighted by Gasteiger charge is 2.20. The second kappa shape index (κ2) is 5.77. The van der Waals surface area contributed by atoms with Gasteiger partial charge in [-0.1, -0.05) is 0 Å². The Hall–Kier alpha value is -0.980. The summed E-state index contributed by atoms with van der Waals surface area (Å²) in [5.74, 6) is 0.471.